The number of fused-ring (bicyclic) bond motifs is 1. The van der Waals surface area contributed by atoms with Gasteiger partial charge in [-0.05, 0) is 43.9 Å². The van der Waals surface area contributed by atoms with E-state index in [4.69, 9.17) is 0 Å². The predicted molar refractivity (Wildman–Crippen MR) is 97.2 cm³/mol. The Balaban J connectivity index is 1.69. The summed E-state index contributed by atoms with van der Waals surface area (Å²) < 4.78 is 0. The van der Waals surface area contributed by atoms with Crippen molar-refractivity contribution in [1.29, 1.82) is 0 Å². The van der Waals surface area contributed by atoms with E-state index in [2.05, 4.69) is 20.6 Å². The Morgan fingerprint density at radius 1 is 1.12 bits per heavy atom. The second-order valence-electron chi connectivity index (χ2n) is 5.97. The van der Waals surface area contributed by atoms with Crippen LogP contribution < -0.4 is 10.6 Å². The number of nitrogens with zero attached hydrogens (tertiary/aromatic N) is 2. The number of hydrogen-bond donors (Lipinski definition) is 3. The van der Waals surface area contributed by atoms with Crippen molar-refractivity contribution in [3.63, 3.8) is 0 Å². The number of amides is 2. The van der Waals surface area contributed by atoms with E-state index in [0.29, 0.717) is 17.9 Å². The summed E-state index contributed by atoms with van der Waals surface area (Å²) in [6, 6.07) is 9.09. The summed E-state index contributed by atoms with van der Waals surface area (Å²) in [5.74, 6) is -1.47. The fourth-order valence-electron chi connectivity index (χ4n) is 2.57. The highest BCUT2D eigenvalue weighted by Gasteiger charge is 2.15. The minimum absolute atomic E-state index is 0.486. The number of carbonyl (C=O) groups is 2. The number of carbonyl (C=O) groups excluding carboxylic acids is 2. The summed E-state index contributed by atoms with van der Waals surface area (Å²) in [6.45, 7) is 0.693. The molecule has 0 atom stereocenters. The van der Waals surface area contributed by atoms with Crippen LogP contribution in [0.1, 0.15) is 5.56 Å². The molecular weight excluding hydrogens is 318 g/mol. The van der Waals surface area contributed by atoms with Crippen molar-refractivity contribution in [1.82, 2.24) is 14.9 Å². The van der Waals surface area contributed by atoms with Crippen LogP contribution >= 0.6 is 0 Å². The Kier molecular flexibility index (Phi) is 4.76. The van der Waals surface area contributed by atoms with Crippen LogP contribution in [-0.4, -0.2) is 40.8 Å². The molecule has 0 aliphatic heterocycles. The molecule has 2 heterocycles. The lowest BCUT2D eigenvalue weighted by atomic mass is 10.2. The number of aromatic amines is 1. The smallest absolute Gasteiger partial charge is 0.314 e. The minimum atomic E-state index is -0.739. The fourth-order valence-corrected chi connectivity index (χ4v) is 2.57. The highest BCUT2D eigenvalue weighted by atomic mass is 16.2. The molecular formula is C18H19N5O2. The maximum atomic E-state index is 12.2. The Labute approximate surface area is 145 Å². The lowest BCUT2D eigenvalue weighted by Crippen LogP contribution is -2.29. The topological polar surface area (TPSA) is 90.1 Å². The number of rotatable bonds is 4. The second kappa shape index (κ2) is 7.14. The first-order valence-electron chi connectivity index (χ1n) is 7.80. The predicted octanol–water partition coefficient (Wildman–Crippen LogP) is 2.20. The molecule has 0 spiro atoms. The van der Waals surface area contributed by atoms with Gasteiger partial charge in [0.25, 0.3) is 0 Å². The molecule has 1 aromatic carbocycles. The van der Waals surface area contributed by atoms with Gasteiger partial charge in [-0.3, -0.25) is 14.6 Å². The molecule has 0 radical (unpaired) electrons. The molecule has 128 valence electrons. The highest BCUT2D eigenvalue weighted by Crippen LogP contribution is 2.22. The third-order valence-electron chi connectivity index (χ3n) is 3.60. The molecule has 7 heteroatoms. The van der Waals surface area contributed by atoms with Crippen LogP contribution in [-0.2, 0) is 16.1 Å². The van der Waals surface area contributed by atoms with Crippen molar-refractivity contribution >= 4 is 34.1 Å². The average Bonchev–Trinajstić information content (AvgIpc) is 3.04. The number of benzene rings is 1. The molecule has 3 aromatic rings. The lowest BCUT2D eigenvalue weighted by molar-refractivity contribution is -0.132. The molecule has 0 saturated carbocycles. The Morgan fingerprint density at radius 3 is 2.72 bits per heavy atom. The van der Waals surface area contributed by atoms with Crippen molar-refractivity contribution in [3.05, 3.63) is 54.5 Å². The number of pyridine rings is 1. The van der Waals surface area contributed by atoms with E-state index in [1.165, 1.54) is 6.20 Å². The number of hydrogen-bond acceptors (Lipinski definition) is 4. The monoisotopic (exact) mass is 337 g/mol. The summed E-state index contributed by atoms with van der Waals surface area (Å²) in [4.78, 5) is 33.5. The summed E-state index contributed by atoms with van der Waals surface area (Å²) >= 11 is 0. The van der Waals surface area contributed by atoms with Crippen molar-refractivity contribution in [3.8, 4) is 0 Å². The molecule has 0 fully saturated rings. The van der Waals surface area contributed by atoms with E-state index < -0.39 is 11.8 Å². The van der Waals surface area contributed by atoms with Crippen LogP contribution in [0.5, 0.6) is 0 Å². The van der Waals surface area contributed by atoms with Crippen LogP contribution in [0.2, 0.25) is 0 Å². The zero-order valence-electron chi connectivity index (χ0n) is 14.0. The van der Waals surface area contributed by atoms with Gasteiger partial charge in [0.05, 0.1) is 17.6 Å². The molecule has 25 heavy (non-hydrogen) atoms. The number of nitrogens with one attached hydrogen (secondary N) is 3. The largest absolute Gasteiger partial charge is 0.361 e. The fraction of sp³-hybridized carbons (Fsp3) is 0.167. The van der Waals surface area contributed by atoms with Crippen LogP contribution in [0.15, 0.2) is 48.9 Å². The van der Waals surface area contributed by atoms with E-state index in [9.17, 15) is 9.59 Å². The van der Waals surface area contributed by atoms with Crippen LogP contribution in [0.4, 0.5) is 11.4 Å². The van der Waals surface area contributed by atoms with Crippen molar-refractivity contribution in [2.24, 2.45) is 0 Å². The summed E-state index contributed by atoms with van der Waals surface area (Å²) in [5, 5.41) is 6.06. The van der Waals surface area contributed by atoms with Crippen LogP contribution in [0.25, 0.3) is 10.9 Å². The summed E-state index contributed by atoms with van der Waals surface area (Å²) in [6.07, 6.45) is 5.02. The van der Waals surface area contributed by atoms with Gasteiger partial charge < -0.3 is 20.5 Å². The summed E-state index contributed by atoms with van der Waals surface area (Å²) in [7, 11) is 3.89. The van der Waals surface area contributed by atoms with E-state index >= 15 is 0 Å². The minimum Gasteiger partial charge on any atom is -0.361 e. The Morgan fingerprint density at radius 2 is 1.92 bits per heavy atom. The van der Waals surface area contributed by atoms with Gasteiger partial charge in [0, 0.05) is 29.8 Å². The zero-order valence-corrected chi connectivity index (χ0v) is 14.0. The standard InChI is InChI=1S/C18H19N5O2/c1-23(2)11-12-8-13(10-19-9-12)21-17(24)18(25)22-16-5-3-4-15-14(16)6-7-20-15/h3-10,20H,11H2,1-2H3,(H,21,24)(H,22,25). The zero-order chi connectivity index (χ0) is 17.8. The SMILES string of the molecule is CN(C)Cc1cncc(NC(=O)C(=O)Nc2cccc3[nH]ccc23)c1. The van der Waals surface area contributed by atoms with Crippen molar-refractivity contribution < 1.29 is 9.59 Å². The van der Waals surface area contributed by atoms with Gasteiger partial charge >= 0.3 is 11.8 Å². The van der Waals surface area contributed by atoms with E-state index in [1.807, 2.05) is 31.1 Å². The Bertz CT molecular complexity index is 916. The number of aromatic nitrogens is 2. The Hall–Kier alpha value is -3.19. The van der Waals surface area contributed by atoms with Gasteiger partial charge in [-0.2, -0.15) is 0 Å². The third-order valence-corrected chi connectivity index (χ3v) is 3.60. The van der Waals surface area contributed by atoms with Gasteiger partial charge in [-0.15, -0.1) is 0 Å². The maximum absolute atomic E-state index is 12.2. The van der Waals surface area contributed by atoms with Gasteiger partial charge in [0.15, 0.2) is 0 Å². The first kappa shape index (κ1) is 16.7. The maximum Gasteiger partial charge on any atom is 0.314 e. The second-order valence-corrected chi connectivity index (χ2v) is 5.97. The van der Waals surface area contributed by atoms with Gasteiger partial charge in [0.1, 0.15) is 0 Å². The molecule has 2 aromatic heterocycles. The molecule has 3 N–H and O–H groups in total. The molecule has 2 amide bonds. The van der Waals surface area contributed by atoms with Crippen LogP contribution in [0.3, 0.4) is 0 Å². The molecule has 0 bridgehead atoms. The quantitative estimate of drug-likeness (QED) is 0.637. The molecule has 0 unspecified atom stereocenters. The van der Waals surface area contributed by atoms with Gasteiger partial charge in [-0.1, -0.05) is 6.07 Å². The third kappa shape index (κ3) is 4.02. The lowest BCUT2D eigenvalue weighted by Gasteiger charge is -2.11. The molecule has 0 aliphatic rings. The van der Waals surface area contributed by atoms with Gasteiger partial charge in [0.2, 0.25) is 0 Å². The normalized spacial score (nSPS) is 10.8. The molecule has 7 nitrogen and oxygen atoms in total. The highest BCUT2D eigenvalue weighted by molar-refractivity contribution is 6.44. The molecule has 0 aliphatic carbocycles. The average molecular weight is 337 g/mol. The number of anilines is 2. The van der Waals surface area contributed by atoms with Gasteiger partial charge in [-0.25, -0.2) is 0 Å². The molecule has 3 rings (SSSR count). The first-order valence-corrected chi connectivity index (χ1v) is 7.80. The first-order chi connectivity index (χ1) is 12.0. The van der Waals surface area contributed by atoms with Crippen LogP contribution in [0, 0.1) is 0 Å². The van der Waals surface area contributed by atoms with E-state index in [-0.39, 0.29) is 0 Å². The van der Waals surface area contributed by atoms with E-state index in [1.54, 1.807) is 30.6 Å². The molecule has 0 saturated heterocycles. The van der Waals surface area contributed by atoms with Crippen molar-refractivity contribution in [2.75, 3.05) is 24.7 Å². The van der Waals surface area contributed by atoms with Crippen molar-refractivity contribution in [2.45, 2.75) is 6.54 Å². The van der Waals surface area contributed by atoms with E-state index in [0.717, 1.165) is 16.5 Å². The number of H-pyrrole nitrogens is 1. The summed E-state index contributed by atoms with van der Waals surface area (Å²) in [5.41, 5.74) is 2.90.